The zero-order chi connectivity index (χ0) is 32.3. The summed E-state index contributed by atoms with van der Waals surface area (Å²) >= 11 is 0. The van der Waals surface area contributed by atoms with Crippen molar-refractivity contribution in [1.29, 1.82) is 0 Å². The molecule has 0 aromatic carbocycles. The predicted molar refractivity (Wildman–Crippen MR) is 169 cm³/mol. The van der Waals surface area contributed by atoms with Gasteiger partial charge in [-0.3, -0.25) is 0 Å². The molecule has 256 valence electrons. The molecule has 6 unspecified atom stereocenters. The Morgan fingerprint density at radius 3 is 2.42 bits per heavy atom. The van der Waals surface area contributed by atoms with E-state index in [1.165, 1.54) is 51.4 Å². The van der Waals surface area contributed by atoms with Crippen molar-refractivity contribution in [3.05, 3.63) is 4.91 Å². The maximum atomic E-state index is 12.9. The SMILES string of the molecule is CC1(C)C2CCC3(C)C(CCC4C5CCC[C@]5(CO)CC[C@]43C)[C@@]2(C)CC[C@@H]1OC(=O)OCCO[C@H]1C[C@@H](O)CC(CN=O)O1. The molecule has 0 bridgehead atoms. The highest BCUT2D eigenvalue weighted by Crippen LogP contribution is 2.76. The molecule has 6 rings (SSSR count). The fourth-order valence-corrected chi connectivity index (χ4v) is 12.9. The lowest BCUT2D eigenvalue weighted by atomic mass is 9.32. The molecule has 6 aliphatic rings. The van der Waals surface area contributed by atoms with Gasteiger partial charge in [0.05, 0.1) is 18.8 Å². The summed E-state index contributed by atoms with van der Waals surface area (Å²) in [6.45, 7) is 12.9. The lowest BCUT2D eigenvalue weighted by Crippen LogP contribution is -2.66. The topological polar surface area (TPSA) is 124 Å². The first-order valence-electron chi connectivity index (χ1n) is 18.0. The largest absolute Gasteiger partial charge is 0.508 e. The van der Waals surface area contributed by atoms with E-state index in [0.29, 0.717) is 42.6 Å². The van der Waals surface area contributed by atoms with Crippen molar-refractivity contribution >= 4 is 6.16 Å². The molecule has 1 aliphatic heterocycles. The second-order valence-corrected chi connectivity index (χ2v) is 17.2. The number of hydrogen-bond donors (Lipinski definition) is 2. The fourth-order valence-electron chi connectivity index (χ4n) is 12.9. The summed E-state index contributed by atoms with van der Waals surface area (Å²) in [4.78, 5) is 23.5. The highest BCUT2D eigenvalue weighted by Gasteiger charge is 2.70. The average Bonchev–Trinajstić information content (AvgIpc) is 3.42. The minimum absolute atomic E-state index is 0.0253. The van der Waals surface area contributed by atoms with Crippen molar-refractivity contribution < 1.29 is 34.0 Å². The quantitative estimate of drug-likeness (QED) is 0.166. The van der Waals surface area contributed by atoms with Gasteiger partial charge in [-0.15, -0.1) is 0 Å². The van der Waals surface area contributed by atoms with Gasteiger partial charge in [0, 0.05) is 24.9 Å². The molecule has 5 aliphatic carbocycles. The molecule has 9 heteroatoms. The van der Waals surface area contributed by atoms with Gasteiger partial charge in [0.1, 0.15) is 19.3 Å². The van der Waals surface area contributed by atoms with Crippen LogP contribution >= 0.6 is 0 Å². The number of fused-ring (bicyclic) bond motifs is 7. The molecule has 0 aromatic heterocycles. The molecule has 2 N–H and O–H groups in total. The third kappa shape index (κ3) is 5.47. The van der Waals surface area contributed by atoms with Crippen molar-refractivity contribution in [3.63, 3.8) is 0 Å². The van der Waals surface area contributed by atoms with E-state index < -0.39 is 24.7 Å². The Balaban J connectivity index is 1.06. The Morgan fingerprint density at radius 2 is 1.67 bits per heavy atom. The normalized spacial score (nSPS) is 48.7. The fraction of sp³-hybridized carbons (Fsp3) is 0.972. The first kappa shape index (κ1) is 33.6. The third-order valence-electron chi connectivity index (χ3n) is 15.3. The van der Waals surface area contributed by atoms with Crippen LogP contribution in [0.15, 0.2) is 5.18 Å². The number of aliphatic hydroxyl groups excluding tert-OH is 2. The van der Waals surface area contributed by atoms with E-state index in [4.69, 9.17) is 18.9 Å². The molecule has 1 saturated heterocycles. The maximum absolute atomic E-state index is 12.9. The number of aliphatic hydroxyl groups is 2. The van der Waals surface area contributed by atoms with Crippen LogP contribution in [-0.4, -0.2) is 67.3 Å². The van der Waals surface area contributed by atoms with Crippen molar-refractivity contribution in [2.75, 3.05) is 26.4 Å². The lowest BCUT2D eigenvalue weighted by Gasteiger charge is -2.72. The Bertz CT molecular complexity index is 1100. The lowest BCUT2D eigenvalue weighted by molar-refractivity contribution is -0.248. The number of rotatable bonds is 8. The molecule has 0 spiro atoms. The minimum atomic E-state index is -0.660. The molecule has 1 heterocycles. The zero-order valence-corrected chi connectivity index (χ0v) is 28.4. The average molecular weight is 634 g/mol. The van der Waals surface area contributed by atoms with E-state index in [1.54, 1.807) is 0 Å². The Hall–Kier alpha value is -1.29. The van der Waals surface area contributed by atoms with E-state index in [1.807, 2.05) is 0 Å². The number of carbonyl (C=O) groups excluding carboxylic acids is 1. The maximum Gasteiger partial charge on any atom is 0.508 e. The first-order valence-corrected chi connectivity index (χ1v) is 18.0. The van der Waals surface area contributed by atoms with Crippen LogP contribution in [0.3, 0.4) is 0 Å². The first-order chi connectivity index (χ1) is 21.3. The number of carbonyl (C=O) groups is 1. The Morgan fingerprint density at radius 1 is 0.867 bits per heavy atom. The standard InChI is InChI=1S/C36H59NO8/c1-32(2)27-10-14-35(5)28(9-8-25-26-7-6-12-36(26,22-38)16-15-34(25,35)4)33(27,3)13-11-29(32)45-31(40)43-18-17-42-30-20-23(39)19-24(44-30)21-37-41/h23-30,38-39H,6-22H2,1-5H3/t23-,24?,25?,26?,27?,28?,29-,30+,33-,34+,35?,36+/m0/s1. The van der Waals surface area contributed by atoms with Gasteiger partial charge in [-0.05, 0) is 110 Å². The summed E-state index contributed by atoms with van der Waals surface area (Å²) in [5, 5.41) is 23.4. The van der Waals surface area contributed by atoms with Gasteiger partial charge < -0.3 is 29.2 Å². The molecular formula is C36H59NO8. The van der Waals surface area contributed by atoms with E-state index in [2.05, 4.69) is 39.8 Å². The minimum Gasteiger partial charge on any atom is -0.432 e. The van der Waals surface area contributed by atoms with Crippen molar-refractivity contribution in [3.8, 4) is 0 Å². The van der Waals surface area contributed by atoms with Crippen LogP contribution < -0.4 is 0 Å². The van der Waals surface area contributed by atoms with Crippen LogP contribution in [0.1, 0.15) is 118 Å². The zero-order valence-electron chi connectivity index (χ0n) is 28.4. The molecular weight excluding hydrogens is 574 g/mol. The van der Waals surface area contributed by atoms with Crippen LogP contribution in [-0.2, 0) is 18.9 Å². The van der Waals surface area contributed by atoms with Crippen molar-refractivity contribution in [2.45, 2.75) is 143 Å². The van der Waals surface area contributed by atoms with Crippen LogP contribution in [0, 0.1) is 55.7 Å². The molecule has 12 atom stereocenters. The van der Waals surface area contributed by atoms with E-state index in [9.17, 15) is 19.9 Å². The van der Waals surface area contributed by atoms with E-state index in [0.717, 1.165) is 25.2 Å². The van der Waals surface area contributed by atoms with Gasteiger partial charge in [-0.25, -0.2) is 4.79 Å². The molecule has 0 aromatic rings. The van der Waals surface area contributed by atoms with E-state index >= 15 is 0 Å². The molecule has 5 saturated carbocycles. The molecule has 6 fully saturated rings. The summed E-state index contributed by atoms with van der Waals surface area (Å²) in [6.07, 6.45) is 11.2. The van der Waals surface area contributed by atoms with Gasteiger partial charge in [-0.1, -0.05) is 46.2 Å². The summed E-state index contributed by atoms with van der Waals surface area (Å²) in [5.41, 5.74) is 0.810. The smallest absolute Gasteiger partial charge is 0.432 e. The monoisotopic (exact) mass is 633 g/mol. The summed E-state index contributed by atoms with van der Waals surface area (Å²) in [5.74, 6) is 2.52. The highest BCUT2D eigenvalue weighted by molar-refractivity contribution is 5.60. The van der Waals surface area contributed by atoms with Gasteiger partial charge in [-0.2, -0.15) is 4.91 Å². The second-order valence-electron chi connectivity index (χ2n) is 17.2. The molecule has 0 amide bonds. The van der Waals surface area contributed by atoms with Gasteiger partial charge in [0.2, 0.25) is 0 Å². The van der Waals surface area contributed by atoms with Gasteiger partial charge >= 0.3 is 6.16 Å². The molecule has 45 heavy (non-hydrogen) atoms. The van der Waals surface area contributed by atoms with Crippen LogP contribution in [0.2, 0.25) is 0 Å². The van der Waals surface area contributed by atoms with Crippen LogP contribution in [0.5, 0.6) is 0 Å². The number of nitroso groups, excluding NO2 is 1. The molecule has 0 radical (unpaired) electrons. The van der Waals surface area contributed by atoms with Crippen molar-refractivity contribution in [1.82, 2.24) is 0 Å². The number of hydrogen-bond acceptors (Lipinski definition) is 9. The second kappa shape index (κ2) is 12.3. The number of ether oxygens (including phenoxy) is 4. The van der Waals surface area contributed by atoms with E-state index in [-0.39, 0.29) is 47.5 Å². The number of nitrogens with zero attached hydrogens (tertiary/aromatic N) is 1. The summed E-state index contributed by atoms with van der Waals surface area (Å²) < 4.78 is 22.8. The summed E-state index contributed by atoms with van der Waals surface area (Å²) in [7, 11) is 0. The Labute approximate surface area is 269 Å². The Kier molecular flexibility index (Phi) is 9.19. The van der Waals surface area contributed by atoms with Crippen molar-refractivity contribution in [2.24, 2.45) is 55.9 Å². The highest BCUT2D eigenvalue weighted by atomic mass is 16.7. The van der Waals surface area contributed by atoms with Crippen LogP contribution in [0.4, 0.5) is 4.79 Å². The van der Waals surface area contributed by atoms with Gasteiger partial charge in [0.15, 0.2) is 6.29 Å². The molecule has 9 nitrogen and oxygen atoms in total. The van der Waals surface area contributed by atoms with Gasteiger partial charge in [0.25, 0.3) is 0 Å². The van der Waals surface area contributed by atoms with Crippen LogP contribution in [0.25, 0.3) is 0 Å². The predicted octanol–water partition coefficient (Wildman–Crippen LogP) is 7.00. The summed E-state index contributed by atoms with van der Waals surface area (Å²) in [6, 6.07) is 0. The third-order valence-corrected chi connectivity index (χ3v) is 15.3.